The molecule has 0 amide bonds. The molecular weight excluding hydrogens is 222 g/mol. The standard InChI is InChI=1S/C16H27NO/c1-4-5-6-7-10-13-18-16-12-9-8-11-15(16)14(2)17-3/h8-9,11-12,14,17H,4-7,10,13H2,1-3H3. The minimum atomic E-state index is 0.335. The molecule has 18 heavy (non-hydrogen) atoms. The molecule has 1 atom stereocenters. The lowest BCUT2D eigenvalue weighted by atomic mass is 10.1. The highest BCUT2D eigenvalue weighted by molar-refractivity contribution is 5.35. The van der Waals surface area contributed by atoms with Gasteiger partial charge in [0.05, 0.1) is 6.61 Å². The van der Waals surface area contributed by atoms with E-state index in [1.165, 1.54) is 31.2 Å². The molecule has 0 aliphatic heterocycles. The Kier molecular flexibility index (Phi) is 7.51. The van der Waals surface area contributed by atoms with Crippen molar-refractivity contribution in [1.82, 2.24) is 5.32 Å². The Hall–Kier alpha value is -1.02. The van der Waals surface area contributed by atoms with Crippen LogP contribution in [0.1, 0.15) is 57.6 Å². The van der Waals surface area contributed by atoms with Crippen molar-refractivity contribution in [2.24, 2.45) is 0 Å². The van der Waals surface area contributed by atoms with E-state index >= 15 is 0 Å². The molecule has 1 unspecified atom stereocenters. The Morgan fingerprint density at radius 3 is 2.56 bits per heavy atom. The van der Waals surface area contributed by atoms with E-state index in [9.17, 15) is 0 Å². The first-order chi connectivity index (χ1) is 8.79. The van der Waals surface area contributed by atoms with Crippen LogP contribution < -0.4 is 10.1 Å². The molecular formula is C16H27NO. The van der Waals surface area contributed by atoms with Gasteiger partial charge < -0.3 is 10.1 Å². The average Bonchev–Trinajstić information content (AvgIpc) is 2.42. The van der Waals surface area contributed by atoms with Gasteiger partial charge in [0.2, 0.25) is 0 Å². The lowest BCUT2D eigenvalue weighted by Crippen LogP contribution is -2.13. The highest BCUT2D eigenvalue weighted by atomic mass is 16.5. The zero-order chi connectivity index (χ0) is 13.2. The van der Waals surface area contributed by atoms with Crippen molar-refractivity contribution in [1.29, 1.82) is 0 Å². The predicted octanol–water partition coefficient (Wildman–Crippen LogP) is 4.32. The third-order valence-corrected chi connectivity index (χ3v) is 3.32. The molecule has 1 aromatic rings. The van der Waals surface area contributed by atoms with Gasteiger partial charge in [-0.25, -0.2) is 0 Å². The van der Waals surface area contributed by atoms with E-state index in [0.29, 0.717) is 6.04 Å². The quantitative estimate of drug-likeness (QED) is 0.658. The van der Waals surface area contributed by atoms with Crippen LogP contribution in [0.15, 0.2) is 24.3 Å². The van der Waals surface area contributed by atoms with E-state index in [4.69, 9.17) is 4.74 Å². The smallest absolute Gasteiger partial charge is 0.124 e. The van der Waals surface area contributed by atoms with Crippen molar-refractivity contribution >= 4 is 0 Å². The first kappa shape index (κ1) is 15.0. The second kappa shape index (κ2) is 8.98. The van der Waals surface area contributed by atoms with Crippen LogP contribution in [0.2, 0.25) is 0 Å². The maximum atomic E-state index is 5.90. The molecule has 1 N–H and O–H groups in total. The van der Waals surface area contributed by atoms with Crippen molar-refractivity contribution in [3.63, 3.8) is 0 Å². The number of para-hydroxylation sites is 1. The molecule has 1 aromatic carbocycles. The van der Waals surface area contributed by atoms with Gasteiger partial charge in [-0.3, -0.25) is 0 Å². The first-order valence-corrected chi connectivity index (χ1v) is 7.18. The Balaban J connectivity index is 2.37. The van der Waals surface area contributed by atoms with Crippen LogP contribution in [-0.2, 0) is 0 Å². The van der Waals surface area contributed by atoms with E-state index < -0.39 is 0 Å². The maximum Gasteiger partial charge on any atom is 0.124 e. The summed E-state index contributed by atoms with van der Waals surface area (Å²) in [6.07, 6.45) is 6.39. The Labute approximate surface area is 112 Å². The highest BCUT2D eigenvalue weighted by Gasteiger charge is 2.08. The van der Waals surface area contributed by atoms with Gasteiger partial charge in [-0.05, 0) is 26.5 Å². The van der Waals surface area contributed by atoms with E-state index in [-0.39, 0.29) is 0 Å². The Morgan fingerprint density at radius 2 is 1.83 bits per heavy atom. The van der Waals surface area contributed by atoms with Gasteiger partial charge in [0.25, 0.3) is 0 Å². The summed E-state index contributed by atoms with van der Waals surface area (Å²) in [4.78, 5) is 0. The minimum Gasteiger partial charge on any atom is -0.493 e. The molecule has 0 aromatic heterocycles. The summed E-state index contributed by atoms with van der Waals surface area (Å²) < 4.78 is 5.90. The summed E-state index contributed by atoms with van der Waals surface area (Å²) in [5.74, 6) is 1.02. The lowest BCUT2D eigenvalue weighted by Gasteiger charge is -2.16. The summed E-state index contributed by atoms with van der Waals surface area (Å²) in [5.41, 5.74) is 1.24. The summed E-state index contributed by atoms with van der Waals surface area (Å²) >= 11 is 0. The first-order valence-electron chi connectivity index (χ1n) is 7.18. The Bertz CT molecular complexity index is 325. The van der Waals surface area contributed by atoms with Gasteiger partial charge in [-0.15, -0.1) is 0 Å². The third-order valence-electron chi connectivity index (χ3n) is 3.32. The minimum absolute atomic E-state index is 0.335. The number of nitrogens with one attached hydrogen (secondary N) is 1. The van der Waals surface area contributed by atoms with Crippen molar-refractivity contribution in [3.05, 3.63) is 29.8 Å². The van der Waals surface area contributed by atoms with Gasteiger partial charge >= 0.3 is 0 Å². The monoisotopic (exact) mass is 249 g/mol. The summed E-state index contributed by atoms with van der Waals surface area (Å²) in [6.45, 7) is 5.23. The van der Waals surface area contributed by atoms with Crippen LogP contribution in [0.4, 0.5) is 0 Å². The number of unbranched alkanes of at least 4 members (excludes halogenated alkanes) is 4. The molecule has 102 valence electrons. The number of hydrogen-bond acceptors (Lipinski definition) is 2. The van der Waals surface area contributed by atoms with Crippen molar-refractivity contribution < 1.29 is 4.74 Å². The topological polar surface area (TPSA) is 21.3 Å². The van der Waals surface area contributed by atoms with E-state index in [1.807, 2.05) is 13.1 Å². The van der Waals surface area contributed by atoms with E-state index in [1.54, 1.807) is 0 Å². The van der Waals surface area contributed by atoms with E-state index in [0.717, 1.165) is 18.8 Å². The fourth-order valence-corrected chi connectivity index (χ4v) is 2.01. The van der Waals surface area contributed by atoms with Crippen LogP contribution >= 0.6 is 0 Å². The maximum absolute atomic E-state index is 5.90. The van der Waals surface area contributed by atoms with Crippen molar-refractivity contribution in [3.8, 4) is 5.75 Å². The molecule has 0 saturated carbocycles. The molecule has 2 heteroatoms. The van der Waals surface area contributed by atoms with Crippen molar-refractivity contribution in [2.45, 2.75) is 52.0 Å². The van der Waals surface area contributed by atoms with Crippen LogP contribution in [-0.4, -0.2) is 13.7 Å². The number of ether oxygens (including phenoxy) is 1. The van der Waals surface area contributed by atoms with Crippen molar-refractivity contribution in [2.75, 3.05) is 13.7 Å². The molecule has 0 saturated heterocycles. The average molecular weight is 249 g/mol. The number of benzene rings is 1. The molecule has 0 fully saturated rings. The molecule has 0 bridgehead atoms. The summed E-state index contributed by atoms with van der Waals surface area (Å²) in [7, 11) is 1.98. The zero-order valence-electron chi connectivity index (χ0n) is 12.0. The molecule has 0 radical (unpaired) electrons. The zero-order valence-corrected chi connectivity index (χ0v) is 12.0. The van der Waals surface area contributed by atoms with Gasteiger partial charge in [0.15, 0.2) is 0 Å². The third kappa shape index (κ3) is 5.09. The van der Waals surface area contributed by atoms with Crippen LogP contribution in [0.25, 0.3) is 0 Å². The normalized spacial score (nSPS) is 12.4. The molecule has 0 aliphatic carbocycles. The lowest BCUT2D eigenvalue weighted by molar-refractivity contribution is 0.299. The Morgan fingerprint density at radius 1 is 1.11 bits per heavy atom. The summed E-state index contributed by atoms with van der Waals surface area (Å²) in [6, 6.07) is 8.64. The molecule has 0 aliphatic rings. The van der Waals surface area contributed by atoms with Gasteiger partial charge in [-0.1, -0.05) is 50.8 Å². The second-order valence-electron chi connectivity index (χ2n) is 4.81. The van der Waals surface area contributed by atoms with Crippen LogP contribution in [0, 0.1) is 0 Å². The SMILES string of the molecule is CCCCCCCOc1ccccc1C(C)NC. The predicted molar refractivity (Wildman–Crippen MR) is 78.2 cm³/mol. The molecule has 0 heterocycles. The summed E-state index contributed by atoms with van der Waals surface area (Å²) in [5, 5.41) is 3.26. The fourth-order valence-electron chi connectivity index (χ4n) is 2.01. The number of hydrogen-bond donors (Lipinski definition) is 1. The van der Waals surface area contributed by atoms with Gasteiger partial charge in [0.1, 0.15) is 5.75 Å². The van der Waals surface area contributed by atoms with Gasteiger partial charge in [-0.2, -0.15) is 0 Å². The molecule has 2 nitrogen and oxygen atoms in total. The van der Waals surface area contributed by atoms with E-state index in [2.05, 4.69) is 37.4 Å². The molecule has 0 spiro atoms. The highest BCUT2D eigenvalue weighted by Crippen LogP contribution is 2.24. The van der Waals surface area contributed by atoms with Crippen LogP contribution in [0.5, 0.6) is 5.75 Å². The van der Waals surface area contributed by atoms with Gasteiger partial charge in [0, 0.05) is 11.6 Å². The number of rotatable bonds is 9. The second-order valence-corrected chi connectivity index (χ2v) is 4.81. The molecule has 1 rings (SSSR count). The van der Waals surface area contributed by atoms with Crippen LogP contribution in [0.3, 0.4) is 0 Å². The largest absolute Gasteiger partial charge is 0.493 e. The fraction of sp³-hybridized carbons (Fsp3) is 0.625.